The van der Waals surface area contributed by atoms with Crippen molar-refractivity contribution in [3.05, 3.63) is 60.4 Å². The van der Waals surface area contributed by atoms with E-state index in [1.807, 2.05) is 30.3 Å². The fourth-order valence-corrected chi connectivity index (χ4v) is 3.23. The van der Waals surface area contributed by atoms with E-state index in [1.54, 1.807) is 29.4 Å². The summed E-state index contributed by atoms with van der Waals surface area (Å²) < 4.78 is 6.01. The minimum atomic E-state index is -0.509. The first kappa shape index (κ1) is 16.6. The number of pyridine rings is 1. The molecule has 4 rings (SSSR count). The summed E-state index contributed by atoms with van der Waals surface area (Å²) in [4.78, 5) is 31.2. The summed E-state index contributed by atoms with van der Waals surface area (Å²) in [5, 5.41) is 3.02. The topological polar surface area (TPSA) is 71.5 Å². The standard InChI is InChI=1S/C20H21N3O3/c24-19(22-15-6-7-15)18-12-17(26-16-4-2-1-3-5-16)13-23(18)20(25)14-8-10-21-11-9-14/h1-5,8-11,15,17-18H,6-7,12-13H2,(H,22,24)/t17-,18-/m0/s1. The molecule has 1 aliphatic carbocycles. The molecule has 6 nitrogen and oxygen atoms in total. The lowest BCUT2D eigenvalue weighted by molar-refractivity contribution is -0.125. The molecule has 26 heavy (non-hydrogen) atoms. The van der Waals surface area contributed by atoms with Crippen LogP contribution >= 0.6 is 0 Å². The molecule has 0 radical (unpaired) electrons. The van der Waals surface area contributed by atoms with Crippen LogP contribution in [0.4, 0.5) is 0 Å². The summed E-state index contributed by atoms with van der Waals surface area (Å²) in [7, 11) is 0. The van der Waals surface area contributed by atoms with Crippen LogP contribution in [-0.4, -0.2) is 46.4 Å². The lowest BCUT2D eigenvalue weighted by atomic mass is 10.1. The number of hydrogen-bond donors (Lipinski definition) is 1. The molecular weight excluding hydrogens is 330 g/mol. The number of hydrogen-bond acceptors (Lipinski definition) is 4. The summed E-state index contributed by atoms with van der Waals surface area (Å²) in [5.74, 6) is 0.494. The van der Waals surface area contributed by atoms with Crippen molar-refractivity contribution in [1.29, 1.82) is 0 Å². The Kier molecular flexibility index (Phi) is 4.56. The molecule has 1 aliphatic heterocycles. The summed E-state index contributed by atoms with van der Waals surface area (Å²) in [6.07, 6.45) is 5.48. The molecule has 1 aromatic carbocycles. The van der Waals surface area contributed by atoms with E-state index >= 15 is 0 Å². The van der Waals surface area contributed by atoms with Gasteiger partial charge in [-0.05, 0) is 37.1 Å². The Morgan fingerprint density at radius 2 is 1.81 bits per heavy atom. The van der Waals surface area contributed by atoms with Crippen molar-refractivity contribution in [1.82, 2.24) is 15.2 Å². The van der Waals surface area contributed by atoms with E-state index in [2.05, 4.69) is 10.3 Å². The van der Waals surface area contributed by atoms with Gasteiger partial charge in [-0.2, -0.15) is 0 Å². The Bertz CT molecular complexity index is 777. The summed E-state index contributed by atoms with van der Waals surface area (Å²) in [6, 6.07) is 12.6. The minimum Gasteiger partial charge on any atom is -0.488 e. The second-order valence-corrected chi connectivity index (χ2v) is 6.78. The van der Waals surface area contributed by atoms with E-state index in [-0.39, 0.29) is 24.0 Å². The summed E-state index contributed by atoms with van der Waals surface area (Å²) >= 11 is 0. The van der Waals surface area contributed by atoms with Crippen LogP contribution in [-0.2, 0) is 4.79 Å². The Balaban J connectivity index is 1.52. The van der Waals surface area contributed by atoms with Gasteiger partial charge in [0.1, 0.15) is 17.9 Å². The number of benzene rings is 1. The number of rotatable bonds is 5. The molecular formula is C20H21N3O3. The van der Waals surface area contributed by atoms with Crippen molar-refractivity contribution >= 4 is 11.8 Å². The molecule has 2 fully saturated rings. The maximum Gasteiger partial charge on any atom is 0.254 e. The van der Waals surface area contributed by atoms with E-state index in [0.717, 1.165) is 18.6 Å². The average molecular weight is 351 g/mol. The maximum atomic E-state index is 12.9. The van der Waals surface area contributed by atoms with Crippen molar-refractivity contribution in [2.45, 2.75) is 37.5 Å². The number of ether oxygens (including phenoxy) is 1. The normalized spacial score (nSPS) is 22.1. The quantitative estimate of drug-likeness (QED) is 0.895. The van der Waals surface area contributed by atoms with E-state index in [4.69, 9.17) is 4.74 Å². The molecule has 1 saturated carbocycles. The Morgan fingerprint density at radius 1 is 1.08 bits per heavy atom. The van der Waals surface area contributed by atoms with Gasteiger partial charge in [0.25, 0.3) is 5.91 Å². The van der Waals surface area contributed by atoms with Crippen LogP contribution in [0.1, 0.15) is 29.6 Å². The van der Waals surface area contributed by atoms with E-state index in [0.29, 0.717) is 18.5 Å². The van der Waals surface area contributed by atoms with Gasteiger partial charge < -0.3 is 15.0 Å². The molecule has 1 aromatic heterocycles. The highest BCUT2D eigenvalue weighted by molar-refractivity contribution is 5.98. The molecule has 0 unspecified atom stereocenters. The fourth-order valence-electron chi connectivity index (χ4n) is 3.23. The third-order valence-corrected chi connectivity index (χ3v) is 4.72. The predicted octanol–water partition coefficient (Wildman–Crippen LogP) is 2.02. The highest BCUT2D eigenvalue weighted by Gasteiger charge is 2.42. The number of carbonyl (C=O) groups excluding carboxylic acids is 2. The van der Waals surface area contributed by atoms with E-state index < -0.39 is 6.04 Å². The predicted molar refractivity (Wildman–Crippen MR) is 95.7 cm³/mol. The van der Waals surface area contributed by atoms with Crippen LogP contribution in [0.3, 0.4) is 0 Å². The molecule has 6 heteroatoms. The molecule has 0 spiro atoms. The number of amides is 2. The molecule has 1 N–H and O–H groups in total. The zero-order valence-corrected chi connectivity index (χ0v) is 14.4. The van der Waals surface area contributed by atoms with Crippen molar-refractivity contribution in [3.8, 4) is 5.75 Å². The molecule has 2 aliphatic rings. The van der Waals surface area contributed by atoms with Crippen molar-refractivity contribution < 1.29 is 14.3 Å². The Labute approximate surface area is 152 Å². The lowest BCUT2D eigenvalue weighted by Crippen LogP contribution is -2.46. The zero-order valence-electron chi connectivity index (χ0n) is 14.4. The largest absolute Gasteiger partial charge is 0.488 e. The Hall–Kier alpha value is -2.89. The summed E-state index contributed by atoms with van der Waals surface area (Å²) in [6.45, 7) is 0.388. The van der Waals surface area contributed by atoms with Gasteiger partial charge in [0, 0.05) is 30.4 Å². The van der Waals surface area contributed by atoms with E-state index in [9.17, 15) is 9.59 Å². The molecule has 0 bridgehead atoms. The van der Waals surface area contributed by atoms with Crippen LogP contribution < -0.4 is 10.1 Å². The van der Waals surface area contributed by atoms with Crippen molar-refractivity contribution in [2.75, 3.05) is 6.54 Å². The molecule has 2 atom stereocenters. The van der Waals surface area contributed by atoms with Crippen molar-refractivity contribution in [2.24, 2.45) is 0 Å². The van der Waals surface area contributed by atoms with Gasteiger partial charge in [0.05, 0.1) is 6.54 Å². The van der Waals surface area contributed by atoms with Crippen LogP contribution in [0.25, 0.3) is 0 Å². The van der Waals surface area contributed by atoms with Gasteiger partial charge in [0.15, 0.2) is 0 Å². The van der Waals surface area contributed by atoms with Gasteiger partial charge in [-0.3, -0.25) is 14.6 Å². The first-order valence-electron chi connectivity index (χ1n) is 8.94. The first-order chi connectivity index (χ1) is 12.7. The van der Waals surface area contributed by atoms with Crippen molar-refractivity contribution in [3.63, 3.8) is 0 Å². The molecule has 134 valence electrons. The molecule has 1 saturated heterocycles. The van der Waals surface area contributed by atoms with Gasteiger partial charge >= 0.3 is 0 Å². The maximum absolute atomic E-state index is 12.9. The molecule has 2 aromatic rings. The number of nitrogens with one attached hydrogen (secondary N) is 1. The molecule has 2 amide bonds. The van der Waals surface area contributed by atoms with Gasteiger partial charge in [-0.25, -0.2) is 0 Å². The third-order valence-electron chi connectivity index (χ3n) is 4.72. The second kappa shape index (κ2) is 7.15. The van der Waals surface area contributed by atoms with Crippen LogP contribution in [0.2, 0.25) is 0 Å². The number of carbonyl (C=O) groups is 2. The minimum absolute atomic E-state index is 0.0888. The zero-order chi connectivity index (χ0) is 17.9. The lowest BCUT2D eigenvalue weighted by Gasteiger charge is -2.23. The van der Waals surface area contributed by atoms with Gasteiger partial charge in [0.2, 0.25) is 5.91 Å². The van der Waals surface area contributed by atoms with Gasteiger partial charge in [-0.15, -0.1) is 0 Å². The number of aromatic nitrogens is 1. The summed E-state index contributed by atoms with van der Waals surface area (Å²) in [5.41, 5.74) is 0.532. The second-order valence-electron chi connectivity index (χ2n) is 6.78. The first-order valence-corrected chi connectivity index (χ1v) is 8.94. The number of likely N-dealkylation sites (tertiary alicyclic amines) is 1. The molecule has 2 heterocycles. The third kappa shape index (κ3) is 3.69. The van der Waals surface area contributed by atoms with Crippen LogP contribution in [0, 0.1) is 0 Å². The number of para-hydroxylation sites is 1. The average Bonchev–Trinajstić information content (AvgIpc) is 3.39. The van der Waals surface area contributed by atoms with Gasteiger partial charge in [-0.1, -0.05) is 18.2 Å². The van der Waals surface area contributed by atoms with Crippen LogP contribution in [0.5, 0.6) is 5.75 Å². The van der Waals surface area contributed by atoms with E-state index in [1.165, 1.54) is 0 Å². The van der Waals surface area contributed by atoms with Crippen LogP contribution in [0.15, 0.2) is 54.9 Å². The monoisotopic (exact) mass is 351 g/mol. The fraction of sp³-hybridized carbons (Fsp3) is 0.350. The number of nitrogens with zero attached hydrogens (tertiary/aromatic N) is 2. The Morgan fingerprint density at radius 3 is 2.50 bits per heavy atom. The highest BCUT2D eigenvalue weighted by Crippen LogP contribution is 2.26. The highest BCUT2D eigenvalue weighted by atomic mass is 16.5. The SMILES string of the molecule is O=C(NC1CC1)[C@@H]1C[C@H](Oc2ccccc2)CN1C(=O)c1ccncc1. The smallest absolute Gasteiger partial charge is 0.254 e.